The predicted octanol–water partition coefficient (Wildman–Crippen LogP) is 2.33. The molecule has 4 rings (SSSR count). The summed E-state index contributed by atoms with van der Waals surface area (Å²) < 4.78 is 32.1. The maximum atomic E-state index is 13.2. The zero-order valence-corrected chi connectivity index (χ0v) is 14.9. The van der Waals surface area contributed by atoms with Crippen LogP contribution in [0.15, 0.2) is 48.8 Å². The highest BCUT2D eigenvalue weighted by Gasteiger charge is 2.38. The topological polar surface area (TPSA) is 64.4 Å². The van der Waals surface area contributed by atoms with E-state index in [9.17, 15) is 8.42 Å². The monoisotopic (exact) mass is 359 g/mol. The van der Waals surface area contributed by atoms with E-state index in [-0.39, 0.29) is 0 Å². The predicted molar refractivity (Wildman–Crippen MR) is 98.4 cm³/mol. The van der Waals surface area contributed by atoms with Crippen molar-refractivity contribution in [3.05, 3.63) is 48.8 Å². The second-order valence-corrected chi connectivity index (χ2v) is 8.90. The van der Waals surface area contributed by atoms with Crippen LogP contribution in [0.1, 0.15) is 13.3 Å². The number of nitrogens with zero attached hydrogens (tertiary/aromatic N) is 3. The van der Waals surface area contributed by atoms with Crippen molar-refractivity contribution in [3.63, 3.8) is 0 Å². The van der Waals surface area contributed by atoms with Gasteiger partial charge in [0.2, 0.25) is 10.0 Å². The molecule has 3 heterocycles. The maximum Gasteiger partial charge on any atom is 0.249 e. The lowest BCUT2D eigenvalue weighted by Gasteiger charge is -2.29. The highest BCUT2D eigenvalue weighted by atomic mass is 32.2. The number of allylic oxidation sites excluding steroid dienone is 3. The van der Waals surface area contributed by atoms with Crippen molar-refractivity contribution < 1.29 is 13.2 Å². The number of pyridine rings is 1. The molecule has 1 unspecified atom stereocenters. The van der Waals surface area contributed by atoms with E-state index in [1.165, 1.54) is 3.97 Å². The molecular formula is C18H21N3O3S. The lowest BCUT2D eigenvalue weighted by atomic mass is 10.0. The van der Waals surface area contributed by atoms with E-state index >= 15 is 0 Å². The Morgan fingerprint density at radius 1 is 1.24 bits per heavy atom. The normalized spacial score (nSPS) is 24.1. The Labute approximate surface area is 147 Å². The van der Waals surface area contributed by atoms with Crippen molar-refractivity contribution in [1.29, 1.82) is 0 Å². The number of ether oxygens (including phenoxy) is 1. The molecule has 0 saturated carbocycles. The van der Waals surface area contributed by atoms with Crippen LogP contribution in [0.3, 0.4) is 0 Å². The number of rotatable bonds is 3. The average molecular weight is 359 g/mol. The van der Waals surface area contributed by atoms with Crippen LogP contribution in [0.5, 0.6) is 0 Å². The first-order valence-corrected chi connectivity index (χ1v) is 9.85. The standard InChI is InChI=1S/C18H21N3O3S/c1-18(6-3-2-4-7-18)25(22,23)21-8-5-15-13-16(14-19-17(15)21)20-9-11-24-12-10-20/h2-6,8,13-14H,7,9-12H2,1H3. The molecule has 25 heavy (non-hydrogen) atoms. The van der Waals surface area contributed by atoms with Crippen LogP contribution in [-0.4, -0.2) is 48.4 Å². The molecule has 1 fully saturated rings. The fourth-order valence-electron chi connectivity index (χ4n) is 3.30. The Morgan fingerprint density at radius 3 is 2.76 bits per heavy atom. The van der Waals surface area contributed by atoms with E-state index in [1.807, 2.05) is 24.3 Å². The van der Waals surface area contributed by atoms with Crippen molar-refractivity contribution in [2.75, 3.05) is 31.2 Å². The van der Waals surface area contributed by atoms with Gasteiger partial charge in [0, 0.05) is 24.7 Å². The van der Waals surface area contributed by atoms with Gasteiger partial charge in [-0.1, -0.05) is 24.3 Å². The van der Waals surface area contributed by atoms with E-state index in [1.54, 1.807) is 31.5 Å². The van der Waals surface area contributed by atoms with Crippen LogP contribution in [-0.2, 0) is 14.8 Å². The van der Waals surface area contributed by atoms with Crippen molar-refractivity contribution in [1.82, 2.24) is 8.96 Å². The molecule has 1 saturated heterocycles. The molecule has 0 aromatic carbocycles. The smallest absolute Gasteiger partial charge is 0.249 e. The second kappa shape index (κ2) is 6.00. The van der Waals surface area contributed by atoms with Gasteiger partial charge in [-0.05, 0) is 25.5 Å². The number of anilines is 1. The van der Waals surface area contributed by atoms with Crippen LogP contribution < -0.4 is 4.90 Å². The summed E-state index contributed by atoms with van der Waals surface area (Å²) in [6.07, 6.45) is 11.1. The van der Waals surface area contributed by atoms with Gasteiger partial charge in [-0.25, -0.2) is 17.4 Å². The minimum Gasteiger partial charge on any atom is -0.378 e. The molecule has 0 spiro atoms. The molecule has 7 heteroatoms. The molecule has 2 aliphatic rings. The van der Waals surface area contributed by atoms with Gasteiger partial charge in [0.1, 0.15) is 4.75 Å². The van der Waals surface area contributed by atoms with Gasteiger partial charge >= 0.3 is 0 Å². The van der Waals surface area contributed by atoms with Crippen molar-refractivity contribution in [2.45, 2.75) is 18.1 Å². The van der Waals surface area contributed by atoms with Gasteiger partial charge in [0.15, 0.2) is 5.65 Å². The third kappa shape index (κ3) is 2.67. The van der Waals surface area contributed by atoms with Gasteiger partial charge in [-0.3, -0.25) is 0 Å². The summed E-state index contributed by atoms with van der Waals surface area (Å²) in [5.74, 6) is 0. The quantitative estimate of drug-likeness (QED) is 0.842. The molecule has 0 bridgehead atoms. The van der Waals surface area contributed by atoms with Gasteiger partial charge in [0.25, 0.3) is 0 Å². The summed E-state index contributed by atoms with van der Waals surface area (Å²) in [5.41, 5.74) is 1.47. The van der Waals surface area contributed by atoms with E-state index in [0.717, 1.165) is 24.2 Å². The summed E-state index contributed by atoms with van der Waals surface area (Å²) in [7, 11) is -3.60. The Hall–Kier alpha value is -2.12. The van der Waals surface area contributed by atoms with Gasteiger partial charge in [-0.15, -0.1) is 0 Å². The lowest BCUT2D eigenvalue weighted by Crippen LogP contribution is -2.38. The van der Waals surface area contributed by atoms with Crippen molar-refractivity contribution >= 4 is 26.7 Å². The zero-order chi connectivity index (χ0) is 17.5. The third-order valence-corrected chi connectivity index (χ3v) is 7.22. The molecule has 0 radical (unpaired) electrons. The number of hydrogen-bond donors (Lipinski definition) is 0. The SMILES string of the molecule is CC1(S(=O)(=O)n2ccc3cc(N4CCOCC4)cnc32)C=CC=CC1. The minimum atomic E-state index is -3.60. The molecule has 6 nitrogen and oxygen atoms in total. The number of fused-ring (bicyclic) bond motifs is 1. The van der Waals surface area contributed by atoms with Crippen molar-refractivity contribution in [2.24, 2.45) is 0 Å². The summed E-state index contributed by atoms with van der Waals surface area (Å²) in [6, 6.07) is 3.81. The molecular weight excluding hydrogens is 338 g/mol. The summed E-state index contributed by atoms with van der Waals surface area (Å²) in [5, 5.41) is 0.825. The fraction of sp³-hybridized carbons (Fsp3) is 0.389. The summed E-state index contributed by atoms with van der Waals surface area (Å²) in [4.78, 5) is 6.67. The van der Waals surface area contributed by atoms with E-state index in [0.29, 0.717) is 25.3 Å². The summed E-state index contributed by atoms with van der Waals surface area (Å²) >= 11 is 0. The fourth-order valence-corrected chi connectivity index (χ4v) is 4.91. The van der Waals surface area contributed by atoms with Gasteiger partial charge < -0.3 is 9.64 Å². The highest BCUT2D eigenvalue weighted by molar-refractivity contribution is 7.91. The number of morpholine rings is 1. The number of hydrogen-bond acceptors (Lipinski definition) is 5. The Kier molecular flexibility index (Phi) is 3.92. The van der Waals surface area contributed by atoms with Crippen LogP contribution in [0.2, 0.25) is 0 Å². The van der Waals surface area contributed by atoms with Crippen LogP contribution in [0, 0.1) is 0 Å². The zero-order valence-electron chi connectivity index (χ0n) is 14.1. The van der Waals surface area contributed by atoms with Crippen LogP contribution in [0.25, 0.3) is 11.0 Å². The number of aromatic nitrogens is 2. The van der Waals surface area contributed by atoms with Crippen molar-refractivity contribution in [3.8, 4) is 0 Å². The van der Waals surface area contributed by atoms with E-state index < -0.39 is 14.8 Å². The van der Waals surface area contributed by atoms with Gasteiger partial charge in [0.05, 0.1) is 25.1 Å². The molecule has 1 aliphatic heterocycles. The Balaban J connectivity index is 1.74. The highest BCUT2D eigenvalue weighted by Crippen LogP contribution is 2.31. The minimum absolute atomic E-state index is 0.456. The molecule has 0 N–H and O–H groups in total. The molecule has 0 amide bonds. The second-order valence-electron chi connectivity index (χ2n) is 6.63. The third-order valence-electron chi connectivity index (χ3n) is 4.92. The first kappa shape index (κ1) is 16.4. The Bertz CT molecular complexity index is 955. The molecule has 1 aliphatic carbocycles. The lowest BCUT2D eigenvalue weighted by molar-refractivity contribution is 0.122. The first-order valence-electron chi connectivity index (χ1n) is 8.41. The Morgan fingerprint density at radius 2 is 2.04 bits per heavy atom. The largest absolute Gasteiger partial charge is 0.378 e. The summed E-state index contributed by atoms with van der Waals surface area (Å²) in [6.45, 7) is 4.79. The van der Waals surface area contributed by atoms with Crippen LogP contribution >= 0.6 is 0 Å². The first-order chi connectivity index (χ1) is 12.0. The maximum absolute atomic E-state index is 13.2. The molecule has 2 aromatic rings. The molecule has 1 atom stereocenters. The van der Waals surface area contributed by atoms with Crippen LogP contribution in [0.4, 0.5) is 5.69 Å². The average Bonchev–Trinajstić information content (AvgIpc) is 3.07. The molecule has 2 aromatic heterocycles. The molecule has 132 valence electrons. The van der Waals surface area contributed by atoms with E-state index in [4.69, 9.17) is 4.74 Å². The van der Waals surface area contributed by atoms with E-state index in [2.05, 4.69) is 9.88 Å². The van der Waals surface area contributed by atoms with Gasteiger partial charge in [-0.2, -0.15) is 0 Å².